The van der Waals surface area contributed by atoms with E-state index in [-0.39, 0.29) is 24.2 Å². The Hall–Kier alpha value is -2.41. The van der Waals surface area contributed by atoms with Crippen molar-refractivity contribution < 1.29 is 9.53 Å². The van der Waals surface area contributed by atoms with Crippen molar-refractivity contribution in [1.29, 1.82) is 0 Å². The van der Waals surface area contributed by atoms with Crippen LogP contribution in [0.3, 0.4) is 0 Å². The molecule has 1 amide bonds. The van der Waals surface area contributed by atoms with Crippen molar-refractivity contribution in [1.82, 2.24) is 19.7 Å². The minimum Gasteiger partial charge on any atom is -0.381 e. The molecule has 7 heteroatoms. The first-order valence-corrected chi connectivity index (χ1v) is 7.74. The van der Waals surface area contributed by atoms with E-state index in [1.54, 1.807) is 19.1 Å². The zero-order chi connectivity index (χ0) is 16.2. The van der Waals surface area contributed by atoms with Crippen LogP contribution >= 0.6 is 0 Å². The molecule has 0 spiro atoms. The summed E-state index contributed by atoms with van der Waals surface area (Å²) in [6.45, 7) is 3.03. The van der Waals surface area contributed by atoms with Crippen LogP contribution in [-0.4, -0.2) is 39.5 Å². The SMILES string of the molecule is Cc1nn(-c2ccccc2)c(=O)n1CC(=O)NC1CCOCC1. The van der Waals surface area contributed by atoms with Crippen molar-refractivity contribution in [2.75, 3.05) is 13.2 Å². The molecule has 0 unspecified atom stereocenters. The topological polar surface area (TPSA) is 78.2 Å². The van der Waals surface area contributed by atoms with Crippen molar-refractivity contribution in [3.05, 3.63) is 46.6 Å². The van der Waals surface area contributed by atoms with Crippen LogP contribution in [0.15, 0.2) is 35.1 Å². The molecule has 0 radical (unpaired) electrons. The van der Waals surface area contributed by atoms with Gasteiger partial charge in [0, 0.05) is 19.3 Å². The first kappa shape index (κ1) is 15.5. The molecular weight excluding hydrogens is 296 g/mol. The van der Waals surface area contributed by atoms with Gasteiger partial charge in [0.05, 0.1) is 5.69 Å². The lowest BCUT2D eigenvalue weighted by Gasteiger charge is -2.23. The molecule has 7 nitrogen and oxygen atoms in total. The van der Waals surface area contributed by atoms with Crippen molar-refractivity contribution in [2.45, 2.75) is 32.4 Å². The Kier molecular flexibility index (Phi) is 4.57. The first-order valence-electron chi connectivity index (χ1n) is 7.74. The number of hydrogen-bond donors (Lipinski definition) is 1. The number of ether oxygens (including phenoxy) is 1. The summed E-state index contributed by atoms with van der Waals surface area (Å²) in [5, 5.41) is 7.20. The summed E-state index contributed by atoms with van der Waals surface area (Å²) in [5.41, 5.74) is 0.375. The maximum atomic E-state index is 12.5. The minimum absolute atomic E-state index is 0.0190. The Morgan fingerprint density at radius 2 is 2.00 bits per heavy atom. The first-order chi connectivity index (χ1) is 11.1. The summed E-state index contributed by atoms with van der Waals surface area (Å²) in [6.07, 6.45) is 1.62. The molecule has 1 aliphatic heterocycles. The standard InChI is InChI=1S/C16H20N4O3/c1-12-18-20(14-5-3-2-4-6-14)16(22)19(12)11-15(21)17-13-7-9-23-10-8-13/h2-6,13H,7-11H2,1H3,(H,17,21). The maximum absolute atomic E-state index is 12.5. The number of amides is 1. The Bertz CT molecular complexity index is 730. The molecule has 2 heterocycles. The molecule has 0 aliphatic carbocycles. The van der Waals surface area contributed by atoms with Gasteiger partial charge in [-0.3, -0.25) is 9.36 Å². The van der Waals surface area contributed by atoms with Gasteiger partial charge in [-0.05, 0) is 31.9 Å². The molecule has 1 saturated heterocycles. The summed E-state index contributed by atoms with van der Waals surface area (Å²) >= 11 is 0. The maximum Gasteiger partial charge on any atom is 0.351 e. The van der Waals surface area contributed by atoms with Crippen molar-refractivity contribution in [3.63, 3.8) is 0 Å². The number of aryl methyl sites for hydroxylation is 1. The van der Waals surface area contributed by atoms with Gasteiger partial charge < -0.3 is 10.1 Å². The number of para-hydroxylation sites is 1. The largest absolute Gasteiger partial charge is 0.381 e. The van der Waals surface area contributed by atoms with Crippen LogP contribution in [0.1, 0.15) is 18.7 Å². The van der Waals surface area contributed by atoms with Gasteiger partial charge in [-0.1, -0.05) is 18.2 Å². The highest BCUT2D eigenvalue weighted by molar-refractivity contribution is 5.76. The van der Waals surface area contributed by atoms with E-state index in [1.165, 1.54) is 9.25 Å². The van der Waals surface area contributed by atoms with Crippen LogP contribution in [0.2, 0.25) is 0 Å². The fraction of sp³-hybridized carbons (Fsp3) is 0.438. The van der Waals surface area contributed by atoms with Gasteiger partial charge in [0.2, 0.25) is 5.91 Å². The van der Waals surface area contributed by atoms with Crippen LogP contribution in [0.5, 0.6) is 0 Å². The molecule has 1 fully saturated rings. The quantitative estimate of drug-likeness (QED) is 0.898. The summed E-state index contributed by atoms with van der Waals surface area (Å²) in [7, 11) is 0. The minimum atomic E-state index is -0.309. The molecule has 0 atom stereocenters. The molecule has 0 saturated carbocycles. The molecular formula is C16H20N4O3. The lowest BCUT2D eigenvalue weighted by Crippen LogP contribution is -2.42. The molecule has 23 heavy (non-hydrogen) atoms. The summed E-state index contributed by atoms with van der Waals surface area (Å²) in [4.78, 5) is 24.7. The van der Waals surface area contributed by atoms with E-state index >= 15 is 0 Å². The number of rotatable bonds is 4. The predicted octanol–water partition coefficient (Wildman–Crippen LogP) is 0.638. The second-order valence-electron chi connectivity index (χ2n) is 5.62. The summed E-state index contributed by atoms with van der Waals surface area (Å²) in [5.74, 6) is 0.343. The van der Waals surface area contributed by atoms with E-state index in [9.17, 15) is 9.59 Å². The monoisotopic (exact) mass is 316 g/mol. The fourth-order valence-corrected chi connectivity index (χ4v) is 2.67. The smallest absolute Gasteiger partial charge is 0.351 e. The van der Waals surface area contributed by atoms with E-state index < -0.39 is 0 Å². The molecule has 1 N–H and O–H groups in total. The molecule has 122 valence electrons. The van der Waals surface area contributed by atoms with Gasteiger partial charge in [0.1, 0.15) is 12.4 Å². The van der Waals surface area contributed by atoms with Gasteiger partial charge >= 0.3 is 5.69 Å². The molecule has 3 rings (SSSR count). The molecule has 2 aromatic rings. The lowest BCUT2D eigenvalue weighted by atomic mass is 10.1. The van der Waals surface area contributed by atoms with E-state index in [0.29, 0.717) is 24.7 Å². The second kappa shape index (κ2) is 6.78. The fourth-order valence-electron chi connectivity index (χ4n) is 2.67. The molecule has 1 aromatic heterocycles. The van der Waals surface area contributed by atoms with Crippen LogP contribution < -0.4 is 11.0 Å². The van der Waals surface area contributed by atoms with E-state index in [0.717, 1.165) is 12.8 Å². The highest BCUT2D eigenvalue weighted by atomic mass is 16.5. The van der Waals surface area contributed by atoms with Crippen molar-refractivity contribution >= 4 is 5.91 Å². The number of hydrogen-bond acceptors (Lipinski definition) is 4. The van der Waals surface area contributed by atoms with E-state index in [2.05, 4.69) is 10.4 Å². The zero-order valence-electron chi connectivity index (χ0n) is 13.1. The molecule has 0 bridgehead atoms. The van der Waals surface area contributed by atoms with Crippen LogP contribution in [0, 0.1) is 6.92 Å². The van der Waals surface area contributed by atoms with Gasteiger partial charge in [-0.25, -0.2) is 4.79 Å². The Labute approximate surface area is 133 Å². The van der Waals surface area contributed by atoms with E-state index in [4.69, 9.17) is 4.74 Å². The third-order valence-corrected chi connectivity index (χ3v) is 3.94. The predicted molar refractivity (Wildman–Crippen MR) is 84.5 cm³/mol. The highest BCUT2D eigenvalue weighted by Crippen LogP contribution is 2.07. The van der Waals surface area contributed by atoms with Crippen LogP contribution in [0.4, 0.5) is 0 Å². The van der Waals surface area contributed by atoms with Crippen LogP contribution in [0.25, 0.3) is 5.69 Å². The average molecular weight is 316 g/mol. The van der Waals surface area contributed by atoms with Crippen LogP contribution in [-0.2, 0) is 16.1 Å². The van der Waals surface area contributed by atoms with Gasteiger partial charge in [0.25, 0.3) is 0 Å². The third-order valence-electron chi connectivity index (χ3n) is 3.94. The lowest BCUT2D eigenvalue weighted by molar-refractivity contribution is -0.123. The second-order valence-corrected chi connectivity index (χ2v) is 5.62. The number of carbonyl (C=O) groups is 1. The highest BCUT2D eigenvalue weighted by Gasteiger charge is 2.18. The van der Waals surface area contributed by atoms with Crippen molar-refractivity contribution in [2.24, 2.45) is 0 Å². The van der Waals surface area contributed by atoms with Gasteiger partial charge in [-0.15, -0.1) is 0 Å². The number of carbonyl (C=O) groups excluding carboxylic acids is 1. The average Bonchev–Trinajstić information content (AvgIpc) is 2.85. The zero-order valence-corrected chi connectivity index (χ0v) is 13.1. The van der Waals surface area contributed by atoms with E-state index in [1.807, 2.05) is 18.2 Å². The van der Waals surface area contributed by atoms with Gasteiger partial charge in [-0.2, -0.15) is 9.78 Å². The summed E-state index contributed by atoms with van der Waals surface area (Å²) < 4.78 is 7.98. The number of benzene rings is 1. The number of aromatic nitrogens is 3. The summed E-state index contributed by atoms with van der Waals surface area (Å²) in [6, 6.07) is 9.29. The Balaban J connectivity index is 1.74. The third kappa shape index (κ3) is 3.50. The normalized spacial score (nSPS) is 15.5. The Morgan fingerprint density at radius 1 is 1.30 bits per heavy atom. The van der Waals surface area contributed by atoms with Crippen molar-refractivity contribution in [3.8, 4) is 5.69 Å². The number of nitrogens with one attached hydrogen (secondary N) is 1. The Morgan fingerprint density at radius 3 is 2.70 bits per heavy atom. The molecule has 1 aromatic carbocycles. The van der Waals surface area contributed by atoms with Gasteiger partial charge in [0.15, 0.2) is 0 Å². The molecule has 1 aliphatic rings. The number of nitrogens with zero attached hydrogens (tertiary/aromatic N) is 3.